The van der Waals surface area contributed by atoms with Crippen molar-refractivity contribution in [3.63, 3.8) is 0 Å². The van der Waals surface area contributed by atoms with E-state index in [9.17, 15) is 0 Å². The lowest BCUT2D eigenvalue weighted by molar-refractivity contribution is 0.689. The van der Waals surface area contributed by atoms with Crippen LogP contribution in [0.25, 0.3) is 0 Å². The predicted molar refractivity (Wildman–Crippen MR) is 81.5 cm³/mol. The topological polar surface area (TPSA) is 29.3 Å². The molecule has 2 nitrogen and oxygen atoms in total. The maximum Gasteiger partial charge on any atom is 0.0632 e. The highest BCUT2D eigenvalue weighted by Gasteiger charge is 2.18. The number of anilines is 2. The molecule has 2 aromatic rings. The third-order valence-corrected chi connectivity index (χ3v) is 3.85. The molecule has 0 bridgehead atoms. The Kier molecular flexibility index (Phi) is 3.41. The zero-order chi connectivity index (χ0) is 13.1. The van der Waals surface area contributed by atoms with E-state index >= 15 is 0 Å². The molecular weight excluding hydrogens is 232 g/mol. The summed E-state index contributed by atoms with van der Waals surface area (Å²) in [7, 11) is 0. The number of nitrogens with two attached hydrogens (primary N) is 1. The summed E-state index contributed by atoms with van der Waals surface area (Å²) in [4.78, 5) is 2.45. The van der Waals surface area contributed by atoms with Gasteiger partial charge in [-0.1, -0.05) is 42.5 Å². The molecule has 2 aromatic carbocycles. The van der Waals surface area contributed by atoms with Crippen LogP contribution < -0.4 is 10.6 Å². The highest BCUT2D eigenvalue weighted by molar-refractivity contribution is 5.72. The lowest BCUT2D eigenvalue weighted by atomic mass is 10.00. The zero-order valence-corrected chi connectivity index (χ0v) is 11.2. The lowest BCUT2D eigenvalue weighted by Gasteiger charge is -2.32. The van der Waals surface area contributed by atoms with E-state index in [4.69, 9.17) is 5.73 Å². The summed E-state index contributed by atoms with van der Waals surface area (Å²) in [5, 5.41) is 0. The minimum atomic E-state index is 0.922. The quantitative estimate of drug-likeness (QED) is 0.850. The summed E-state index contributed by atoms with van der Waals surface area (Å²) in [5.74, 6) is 0. The van der Waals surface area contributed by atoms with Crippen molar-refractivity contribution in [2.24, 2.45) is 0 Å². The Hall–Kier alpha value is -1.96. The van der Waals surface area contributed by atoms with E-state index < -0.39 is 0 Å². The molecule has 3 rings (SSSR count). The Balaban J connectivity index is 1.77. The van der Waals surface area contributed by atoms with Gasteiger partial charge in [-0.25, -0.2) is 0 Å². The first-order valence-corrected chi connectivity index (χ1v) is 7.01. The molecule has 0 saturated carbocycles. The summed E-state index contributed by atoms with van der Waals surface area (Å²) in [5.41, 5.74) is 11.1. The van der Waals surface area contributed by atoms with Crippen LogP contribution in [-0.2, 0) is 12.8 Å². The predicted octanol–water partition coefficient (Wildman–Crippen LogP) is 3.26. The molecule has 0 unspecified atom stereocenters. The van der Waals surface area contributed by atoms with Crippen LogP contribution >= 0.6 is 0 Å². The highest BCUT2D eigenvalue weighted by atomic mass is 15.1. The summed E-state index contributed by atoms with van der Waals surface area (Å²) >= 11 is 0. The Morgan fingerprint density at radius 3 is 2.68 bits per heavy atom. The Bertz CT molecular complexity index is 548. The van der Waals surface area contributed by atoms with Crippen molar-refractivity contribution in [2.45, 2.75) is 19.3 Å². The Labute approximate surface area is 114 Å². The van der Waals surface area contributed by atoms with Crippen molar-refractivity contribution in [1.29, 1.82) is 0 Å². The van der Waals surface area contributed by atoms with Crippen LogP contribution in [0.4, 0.5) is 11.4 Å². The Morgan fingerprint density at radius 2 is 1.84 bits per heavy atom. The average Bonchev–Trinajstić information content (AvgIpc) is 2.46. The number of nitrogens with zero attached hydrogens (tertiary/aromatic N) is 1. The number of hydrogen-bond acceptors (Lipinski definition) is 2. The number of benzene rings is 2. The molecular formula is C17H20N2. The number of rotatable bonds is 3. The number of hydrogen-bond donors (Lipinski definition) is 1. The molecule has 0 spiro atoms. The molecule has 0 aromatic heterocycles. The van der Waals surface area contributed by atoms with Gasteiger partial charge in [0.2, 0.25) is 0 Å². The third-order valence-electron chi connectivity index (χ3n) is 3.85. The van der Waals surface area contributed by atoms with Crippen molar-refractivity contribution < 1.29 is 0 Å². The fraction of sp³-hybridized carbons (Fsp3) is 0.294. The van der Waals surface area contributed by atoms with Crippen molar-refractivity contribution >= 4 is 11.4 Å². The van der Waals surface area contributed by atoms with Crippen LogP contribution in [0.2, 0.25) is 0 Å². The standard InChI is InChI=1S/C17H20N2/c18-16-10-4-8-15-9-5-12-19(17(15)16)13-11-14-6-2-1-3-7-14/h1-4,6-8,10H,5,9,11-13,18H2. The molecule has 98 valence electrons. The maximum absolute atomic E-state index is 6.16. The molecule has 0 radical (unpaired) electrons. The van der Waals surface area contributed by atoms with Gasteiger partial charge < -0.3 is 10.6 Å². The fourth-order valence-electron chi connectivity index (χ4n) is 2.90. The first-order chi connectivity index (χ1) is 9.34. The molecule has 1 aliphatic heterocycles. The molecule has 0 aliphatic carbocycles. The number of aryl methyl sites for hydroxylation is 1. The van der Waals surface area contributed by atoms with Crippen molar-refractivity contribution in [3.05, 3.63) is 59.7 Å². The van der Waals surface area contributed by atoms with Crippen LogP contribution in [0.1, 0.15) is 17.5 Å². The highest BCUT2D eigenvalue weighted by Crippen LogP contribution is 2.32. The van der Waals surface area contributed by atoms with Gasteiger partial charge in [-0.2, -0.15) is 0 Å². The van der Waals surface area contributed by atoms with Crippen molar-refractivity contribution in [3.8, 4) is 0 Å². The van der Waals surface area contributed by atoms with Gasteiger partial charge in [-0.3, -0.25) is 0 Å². The molecule has 0 fully saturated rings. The van der Waals surface area contributed by atoms with E-state index in [2.05, 4.69) is 47.4 Å². The molecule has 2 heteroatoms. The van der Waals surface area contributed by atoms with E-state index in [-0.39, 0.29) is 0 Å². The van der Waals surface area contributed by atoms with Gasteiger partial charge in [0.1, 0.15) is 0 Å². The van der Waals surface area contributed by atoms with Gasteiger partial charge in [0, 0.05) is 13.1 Å². The molecule has 0 saturated heterocycles. The van der Waals surface area contributed by atoms with Crippen LogP contribution in [0.15, 0.2) is 48.5 Å². The first-order valence-electron chi connectivity index (χ1n) is 7.01. The van der Waals surface area contributed by atoms with Gasteiger partial charge in [-0.05, 0) is 36.5 Å². The second-order valence-electron chi connectivity index (χ2n) is 5.18. The fourth-order valence-corrected chi connectivity index (χ4v) is 2.90. The van der Waals surface area contributed by atoms with Gasteiger partial charge in [0.25, 0.3) is 0 Å². The van der Waals surface area contributed by atoms with Crippen LogP contribution in [-0.4, -0.2) is 13.1 Å². The van der Waals surface area contributed by atoms with E-state index in [1.807, 2.05) is 6.07 Å². The summed E-state index contributed by atoms with van der Waals surface area (Å²) < 4.78 is 0. The van der Waals surface area contributed by atoms with Crippen molar-refractivity contribution in [1.82, 2.24) is 0 Å². The Morgan fingerprint density at radius 1 is 1.00 bits per heavy atom. The third kappa shape index (κ3) is 2.58. The summed E-state index contributed by atoms with van der Waals surface area (Å²) in [6.07, 6.45) is 3.46. The average molecular weight is 252 g/mol. The van der Waals surface area contributed by atoms with E-state index in [0.29, 0.717) is 0 Å². The van der Waals surface area contributed by atoms with Crippen LogP contribution in [0.3, 0.4) is 0 Å². The van der Waals surface area contributed by atoms with Gasteiger partial charge in [0.15, 0.2) is 0 Å². The number of fused-ring (bicyclic) bond motifs is 1. The van der Waals surface area contributed by atoms with Crippen LogP contribution in [0.5, 0.6) is 0 Å². The lowest BCUT2D eigenvalue weighted by Crippen LogP contribution is -2.32. The SMILES string of the molecule is Nc1cccc2c1N(CCc1ccccc1)CCC2. The minimum absolute atomic E-state index is 0.922. The smallest absolute Gasteiger partial charge is 0.0632 e. The molecule has 19 heavy (non-hydrogen) atoms. The van der Waals surface area contributed by atoms with E-state index in [1.165, 1.54) is 23.2 Å². The van der Waals surface area contributed by atoms with Crippen LogP contribution in [0, 0.1) is 0 Å². The second-order valence-corrected chi connectivity index (χ2v) is 5.18. The second kappa shape index (κ2) is 5.35. The molecule has 0 amide bonds. The number of nitrogen functional groups attached to an aromatic ring is 1. The largest absolute Gasteiger partial charge is 0.397 e. The van der Waals surface area contributed by atoms with Gasteiger partial charge in [0.05, 0.1) is 11.4 Å². The first kappa shape index (κ1) is 12.1. The zero-order valence-electron chi connectivity index (χ0n) is 11.2. The molecule has 1 aliphatic rings. The van der Waals surface area contributed by atoms with Gasteiger partial charge in [-0.15, -0.1) is 0 Å². The van der Waals surface area contributed by atoms with E-state index in [0.717, 1.165) is 31.6 Å². The summed E-state index contributed by atoms with van der Waals surface area (Å²) in [6, 6.07) is 17.0. The molecule has 0 atom stereocenters. The van der Waals surface area contributed by atoms with Gasteiger partial charge >= 0.3 is 0 Å². The summed E-state index contributed by atoms with van der Waals surface area (Å²) in [6.45, 7) is 2.17. The normalized spacial score (nSPS) is 14.2. The molecule has 1 heterocycles. The number of para-hydroxylation sites is 1. The molecule has 2 N–H and O–H groups in total. The van der Waals surface area contributed by atoms with Crippen molar-refractivity contribution in [2.75, 3.05) is 23.7 Å². The maximum atomic E-state index is 6.16. The minimum Gasteiger partial charge on any atom is -0.397 e. The van der Waals surface area contributed by atoms with E-state index in [1.54, 1.807) is 0 Å². The monoisotopic (exact) mass is 252 g/mol.